The lowest BCUT2D eigenvalue weighted by Crippen LogP contribution is -2.08. The van der Waals surface area contributed by atoms with Crippen molar-refractivity contribution < 1.29 is 14.6 Å². The number of ether oxygens (including phenoxy) is 1. The third-order valence-corrected chi connectivity index (χ3v) is 3.11. The third-order valence-electron chi connectivity index (χ3n) is 3.11. The molecular weight excluding hydrogens is 242 g/mol. The molecule has 2 aromatic rings. The Labute approximate surface area is 112 Å². The third kappa shape index (κ3) is 2.53. The highest BCUT2D eigenvalue weighted by molar-refractivity contribution is 5.87. The van der Waals surface area contributed by atoms with Crippen LogP contribution < -0.4 is 0 Å². The first-order valence-corrected chi connectivity index (χ1v) is 6.19. The number of benzene rings is 1. The van der Waals surface area contributed by atoms with Crippen molar-refractivity contribution in [2.75, 3.05) is 7.11 Å². The zero-order valence-corrected chi connectivity index (χ0v) is 11.1. The van der Waals surface area contributed by atoms with Gasteiger partial charge in [0.15, 0.2) is 0 Å². The topological polar surface area (TPSA) is 51.5 Å². The zero-order valence-electron chi connectivity index (χ0n) is 11.1. The summed E-state index contributed by atoms with van der Waals surface area (Å²) in [6.45, 7) is 3.06. The van der Waals surface area contributed by atoms with E-state index in [0.29, 0.717) is 18.8 Å². The molecule has 0 saturated carbocycles. The number of hydrogen-bond acceptors (Lipinski definition) is 2. The van der Waals surface area contributed by atoms with E-state index in [1.54, 1.807) is 17.7 Å². The second kappa shape index (κ2) is 5.71. The smallest absolute Gasteiger partial charge is 0.352 e. The monoisotopic (exact) mass is 259 g/mol. The average molecular weight is 259 g/mol. The first-order chi connectivity index (χ1) is 9.19. The van der Waals surface area contributed by atoms with Gasteiger partial charge < -0.3 is 14.4 Å². The minimum Gasteiger partial charge on any atom is -0.477 e. The summed E-state index contributed by atoms with van der Waals surface area (Å²) in [7, 11) is 1.65. The Morgan fingerprint density at radius 2 is 2.00 bits per heavy atom. The van der Waals surface area contributed by atoms with Crippen molar-refractivity contribution in [3.05, 3.63) is 47.7 Å². The molecule has 0 saturated heterocycles. The molecule has 1 heterocycles. The molecule has 0 aliphatic carbocycles. The van der Waals surface area contributed by atoms with Crippen molar-refractivity contribution in [1.82, 2.24) is 4.57 Å². The summed E-state index contributed by atoms with van der Waals surface area (Å²) in [6, 6.07) is 11.4. The van der Waals surface area contributed by atoms with E-state index in [-0.39, 0.29) is 0 Å². The molecule has 1 aromatic heterocycles. The summed E-state index contributed by atoms with van der Waals surface area (Å²) in [5, 5.41) is 9.18. The average Bonchev–Trinajstić information content (AvgIpc) is 2.83. The molecule has 0 fully saturated rings. The quantitative estimate of drug-likeness (QED) is 0.898. The fourth-order valence-corrected chi connectivity index (χ4v) is 2.28. The van der Waals surface area contributed by atoms with Crippen LogP contribution in [0.5, 0.6) is 0 Å². The molecule has 1 N–H and O–H groups in total. The van der Waals surface area contributed by atoms with Gasteiger partial charge in [0, 0.05) is 24.9 Å². The van der Waals surface area contributed by atoms with E-state index in [4.69, 9.17) is 4.74 Å². The number of carbonyl (C=O) groups is 1. The number of carboxylic acid groups (broad SMARTS) is 1. The van der Waals surface area contributed by atoms with Crippen molar-refractivity contribution in [3.8, 4) is 11.3 Å². The van der Waals surface area contributed by atoms with Crippen LogP contribution in [0.3, 0.4) is 0 Å². The van der Waals surface area contributed by atoms with Crippen LogP contribution >= 0.6 is 0 Å². The Bertz CT molecular complexity index is 587. The molecule has 100 valence electrons. The molecule has 0 amide bonds. The highest BCUT2D eigenvalue weighted by Crippen LogP contribution is 2.26. The number of aromatic carboxylic acids is 1. The Kier molecular flexibility index (Phi) is 4.02. The SMILES string of the molecule is CCn1c(C(=O)O)ccc1-c1ccccc1COC. The second-order valence-electron chi connectivity index (χ2n) is 4.24. The maximum atomic E-state index is 11.2. The first kappa shape index (κ1) is 13.4. The van der Waals surface area contributed by atoms with E-state index in [0.717, 1.165) is 16.8 Å². The molecule has 2 rings (SSSR count). The largest absolute Gasteiger partial charge is 0.477 e. The molecule has 0 radical (unpaired) electrons. The predicted octanol–water partition coefficient (Wildman–Crippen LogP) is 3.02. The minimum absolute atomic E-state index is 0.310. The molecule has 0 bridgehead atoms. The van der Waals surface area contributed by atoms with Gasteiger partial charge in [-0.25, -0.2) is 4.79 Å². The standard InChI is InChI=1S/C15H17NO3/c1-3-16-13(8-9-14(16)15(17)18)12-7-5-4-6-11(12)10-19-2/h4-9H,3,10H2,1-2H3,(H,17,18). The molecule has 0 aliphatic heterocycles. The Morgan fingerprint density at radius 1 is 1.26 bits per heavy atom. The van der Waals surface area contributed by atoms with Gasteiger partial charge in [-0.05, 0) is 24.6 Å². The highest BCUT2D eigenvalue weighted by Gasteiger charge is 2.15. The number of nitrogens with zero attached hydrogens (tertiary/aromatic N) is 1. The molecule has 19 heavy (non-hydrogen) atoms. The summed E-state index contributed by atoms with van der Waals surface area (Å²) in [5.74, 6) is -0.905. The summed E-state index contributed by atoms with van der Waals surface area (Å²) >= 11 is 0. The van der Waals surface area contributed by atoms with Crippen LogP contribution in [0.1, 0.15) is 23.0 Å². The fourth-order valence-electron chi connectivity index (χ4n) is 2.28. The zero-order chi connectivity index (χ0) is 13.8. The molecule has 0 atom stereocenters. The summed E-state index contributed by atoms with van der Waals surface area (Å²) < 4.78 is 6.99. The minimum atomic E-state index is -0.905. The van der Waals surface area contributed by atoms with Crippen LogP contribution in [0.25, 0.3) is 11.3 Å². The van der Waals surface area contributed by atoms with E-state index >= 15 is 0 Å². The Balaban J connectivity index is 2.56. The number of methoxy groups -OCH3 is 1. The van der Waals surface area contributed by atoms with E-state index < -0.39 is 5.97 Å². The lowest BCUT2D eigenvalue weighted by atomic mass is 10.1. The molecular formula is C15H17NO3. The van der Waals surface area contributed by atoms with E-state index in [1.165, 1.54) is 0 Å². The Hall–Kier alpha value is -2.07. The van der Waals surface area contributed by atoms with Crippen molar-refractivity contribution >= 4 is 5.97 Å². The van der Waals surface area contributed by atoms with Crippen LogP contribution in [0, 0.1) is 0 Å². The van der Waals surface area contributed by atoms with Crippen LogP contribution in [-0.2, 0) is 17.9 Å². The van der Waals surface area contributed by atoms with Gasteiger partial charge in [-0.3, -0.25) is 0 Å². The summed E-state index contributed by atoms with van der Waals surface area (Å²) in [5.41, 5.74) is 3.28. The van der Waals surface area contributed by atoms with Gasteiger partial charge in [-0.2, -0.15) is 0 Å². The number of carboxylic acids is 1. The normalized spacial score (nSPS) is 10.6. The number of rotatable bonds is 5. The van der Waals surface area contributed by atoms with Crippen molar-refractivity contribution in [2.24, 2.45) is 0 Å². The fraction of sp³-hybridized carbons (Fsp3) is 0.267. The van der Waals surface area contributed by atoms with Crippen LogP contribution in [0.2, 0.25) is 0 Å². The van der Waals surface area contributed by atoms with Crippen molar-refractivity contribution in [3.63, 3.8) is 0 Å². The molecule has 4 heteroatoms. The maximum absolute atomic E-state index is 11.2. The van der Waals surface area contributed by atoms with Gasteiger partial charge in [0.2, 0.25) is 0 Å². The summed E-state index contributed by atoms with van der Waals surface area (Å²) in [4.78, 5) is 11.2. The highest BCUT2D eigenvalue weighted by atomic mass is 16.5. The molecule has 1 aromatic carbocycles. The van der Waals surface area contributed by atoms with Crippen LogP contribution in [-0.4, -0.2) is 22.8 Å². The first-order valence-electron chi connectivity index (χ1n) is 6.19. The van der Waals surface area contributed by atoms with Crippen molar-refractivity contribution in [2.45, 2.75) is 20.1 Å². The van der Waals surface area contributed by atoms with Gasteiger partial charge in [0.1, 0.15) is 5.69 Å². The Morgan fingerprint density at radius 3 is 2.63 bits per heavy atom. The van der Waals surface area contributed by atoms with Crippen LogP contribution in [0.4, 0.5) is 0 Å². The van der Waals surface area contributed by atoms with E-state index in [9.17, 15) is 9.90 Å². The van der Waals surface area contributed by atoms with Gasteiger partial charge in [-0.15, -0.1) is 0 Å². The maximum Gasteiger partial charge on any atom is 0.352 e. The molecule has 0 unspecified atom stereocenters. The molecule has 0 spiro atoms. The van der Waals surface area contributed by atoms with E-state index in [1.807, 2.05) is 37.3 Å². The molecule has 0 aliphatic rings. The van der Waals surface area contributed by atoms with E-state index in [2.05, 4.69) is 0 Å². The predicted molar refractivity (Wildman–Crippen MR) is 73.2 cm³/mol. The van der Waals surface area contributed by atoms with Crippen molar-refractivity contribution in [1.29, 1.82) is 0 Å². The van der Waals surface area contributed by atoms with Gasteiger partial charge in [0.25, 0.3) is 0 Å². The lowest BCUT2D eigenvalue weighted by Gasteiger charge is -2.12. The second-order valence-corrected chi connectivity index (χ2v) is 4.24. The van der Waals surface area contributed by atoms with Gasteiger partial charge in [-0.1, -0.05) is 24.3 Å². The molecule has 4 nitrogen and oxygen atoms in total. The van der Waals surface area contributed by atoms with Gasteiger partial charge in [0.05, 0.1) is 6.61 Å². The lowest BCUT2D eigenvalue weighted by molar-refractivity contribution is 0.0685. The number of aromatic nitrogens is 1. The number of hydrogen-bond donors (Lipinski definition) is 1. The van der Waals surface area contributed by atoms with Crippen LogP contribution in [0.15, 0.2) is 36.4 Å². The summed E-state index contributed by atoms with van der Waals surface area (Å²) in [6.07, 6.45) is 0. The van der Waals surface area contributed by atoms with Gasteiger partial charge >= 0.3 is 5.97 Å².